The van der Waals surface area contributed by atoms with E-state index < -0.39 is 0 Å². The molecule has 2 saturated carbocycles. The summed E-state index contributed by atoms with van der Waals surface area (Å²) in [5, 5.41) is 6.58. The van der Waals surface area contributed by atoms with Gasteiger partial charge in [-0.2, -0.15) is 0 Å². The number of benzene rings is 1. The van der Waals surface area contributed by atoms with E-state index in [1.165, 1.54) is 11.3 Å². The van der Waals surface area contributed by atoms with Gasteiger partial charge >= 0.3 is 0 Å². The van der Waals surface area contributed by atoms with Gasteiger partial charge in [0.05, 0.1) is 10.9 Å². The third kappa shape index (κ3) is 3.80. The second kappa shape index (κ2) is 8.20. The second-order valence-electron chi connectivity index (χ2n) is 8.48. The molecule has 0 unspecified atom stereocenters. The maximum atomic E-state index is 12.9. The predicted octanol–water partition coefficient (Wildman–Crippen LogP) is 3.92. The van der Waals surface area contributed by atoms with Crippen molar-refractivity contribution in [2.24, 2.45) is 0 Å². The molecule has 0 saturated heterocycles. The predicted molar refractivity (Wildman–Crippen MR) is 124 cm³/mol. The summed E-state index contributed by atoms with van der Waals surface area (Å²) >= 11 is 6.73. The number of nitrogens with one attached hydrogen (secondary N) is 3. The molecule has 2 heterocycles. The molecule has 0 atom stereocenters. The molecule has 2 aromatic heterocycles. The summed E-state index contributed by atoms with van der Waals surface area (Å²) in [5.41, 5.74) is 1.10. The van der Waals surface area contributed by atoms with Crippen molar-refractivity contribution in [2.45, 2.75) is 63.5 Å². The highest BCUT2D eigenvalue weighted by Gasteiger charge is 2.23. The van der Waals surface area contributed by atoms with Gasteiger partial charge in [-0.15, -0.1) is 0 Å². The lowest BCUT2D eigenvalue weighted by Gasteiger charge is -2.13. The first kappa shape index (κ1) is 20.4. The lowest BCUT2D eigenvalue weighted by atomic mass is 10.1. The van der Waals surface area contributed by atoms with Gasteiger partial charge in [0, 0.05) is 17.6 Å². The molecule has 162 valence electrons. The van der Waals surface area contributed by atoms with Gasteiger partial charge in [-0.25, -0.2) is 0 Å². The average molecular weight is 457 g/mol. The lowest BCUT2D eigenvalue weighted by Crippen LogP contribution is -2.32. The number of carbonyl (C=O) groups excluding carboxylic acids is 2. The fraction of sp³-hybridized carbons (Fsp3) is 0.455. The third-order valence-corrected chi connectivity index (χ3v) is 7.75. The number of carbonyl (C=O) groups is 2. The zero-order chi connectivity index (χ0) is 21.5. The van der Waals surface area contributed by atoms with Crippen LogP contribution < -0.4 is 16.2 Å². The van der Waals surface area contributed by atoms with Crippen molar-refractivity contribution in [3.63, 3.8) is 0 Å². The van der Waals surface area contributed by atoms with Gasteiger partial charge in [-0.3, -0.25) is 18.8 Å². The minimum atomic E-state index is -0.305. The normalized spacial score (nSPS) is 17.5. The molecule has 3 aromatic rings. The van der Waals surface area contributed by atoms with Crippen molar-refractivity contribution in [1.29, 1.82) is 0 Å². The molecule has 9 heteroatoms. The number of H-pyrrole nitrogens is 1. The summed E-state index contributed by atoms with van der Waals surface area (Å²) in [6.45, 7) is 0. The van der Waals surface area contributed by atoms with Gasteiger partial charge in [-0.1, -0.05) is 37.0 Å². The van der Waals surface area contributed by atoms with Crippen molar-refractivity contribution in [2.75, 3.05) is 0 Å². The molecule has 7 nitrogen and oxygen atoms in total. The molecule has 2 aliphatic carbocycles. The highest BCUT2D eigenvalue weighted by molar-refractivity contribution is 7.73. The quantitative estimate of drug-likeness (QED) is 0.519. The first-order chi connectivity index (χ1) is 15.0. The molecule has 1 aromatic carbocycles. The van der Waals surface area contributed by atoms with Crippen molar-refractivity contribution >= 4 is 51.9 Å². The van der Waals surface area contributed by atoms with Crippen LogP contribution in [0.4, 0.5) is 0 Å². The number of nitrogens with zero attached hydrogens (tertiary/aromatic N) is 1. The minimum absolute atomic E-state index is 0.150. The number of rotatable bonds is 4. The Labute approximate surface area is 187 Å². The zero-order valence-corrected chi connectivity index (χ0v) is 18.7. The molecular formula is C22H24N4O3S2. The SMILES string of the molecule is O=C(NC1CCCC1)c1ccc2c(=O)[nH]c3c(C(=O)NC4CCCC4)sc(=S)n3c2c1. The Morgan fingerprint density at radius 2 is 1.61 bits per heavy atom. The monoisotopic (exact) mass is 456 g/mol. The van der Waals surface area contributed by atoms with E-state index >= 15 is 0 Å². The number of amides is 2. The summed E-state index contributed by atoms with van der Waals surface area (Å²) in [4.78, 5) is 41.6. The molecule has 2 amide bonds. The Kier molecular flexibility index (Phi) is 5.39. The van der Waals surface area contributed by atoms with Crippen molar-refractivity contribution in [3.05, 3.63) is 42.9 Å². The van der Waals surface area contributed by atoms with Gasteiger partial charge in [0.15, 0.2) is 3.95 Å². The van der Waals surface area contributed by atoms with Gasteiger partial charge < -0.3 is 15.6 Å². The molecule has 5 rings (SSSR count). The summed E-state index contributed by atoms with van der Waals surface area (Å²) in [7, 11) is 0. The van der Waals surface area contributed by atoms with Gasteiger partial charge in [0.25, 0.3) is 17.4 Å². The molecular weight excluding hydrogens is 432 g/mol. The van der Waals surface area contributed by atoms with Gasteiger partial charge in [0.2, 0.25) is 0 Å². The maximum Gasteiger partial charge on any atom is 0.265 e. The van der Waals surface area contributed by atoms with Gasteiger partial charge in [-0.05, 0) is 56.1 Å². The van der Waals surface area contributed by atoms with Crippen LogP contribution in [0.2, 0.25) is 0 Å². The molecule has 0 aliphatic heterocycles. The van der Waals surface area contributed by atoms with E-state index in [1.807, 2.05) is 0 Å². The summed E-state index contributed by atoms with van der Waals surface area (Å²) in [5.74, 6) is -0.362. The number of thiazole rings is 1. The first-order valence-corrected chi connectivity index (χ1v) is 12.1. The molecule has 3 N–H and O–H groups in total. The van der Waals surface area contributed by atoms with E-state index in [1.54, 1.807) is 22.6 Å². The molecule has 0 radical (unpaired) electrons. The number of hydrogen-bond acceptors (Lipinski definition) is 5. The zero-order valence-electron chi connectivity index (χ0n) is 17.0. The van der Waals surface area contributed by atoms with Crippen LogP contribution in [-0.2, 0) is 0 Å². The van der Waals surface area contributed by atoms with E-state index in [-0.39, 0.29) is 29.5 Å². The van der Waals surface area contributed by atoms with Crippen LogP contribution in [0.25, 0.3) is 16.6 Å². The number of aromatic nitrogens is 2. The Bertz CT molecular complexity index is 1290. The van der Waals surface area contributed by atoms with E-state index in [2.05, 4.69) is 15.6 Å². The van der Waals surface area contributed by atoms with Crippen LogP contribution in [-0.4, -0.2) is 33.3 Å². The topological polar surface area (TPSA) is 95.5 Å². The number of aromatic amines is 1. The average Bonchev–Trinajstić information content (AvgIpc) is 3.50. The van der Waals surface area contributed by atoms with Crippen molar-refractivity contribution in [3.8, 4) is 0 Å². The smallest absolute Gasteiger partial charge is 0.265 e. The van der Waals surface area contributed by atoms with Crippen LogP contribution in [0, 0.1) is 3.95 Å². The fourth-order valence-electron chi connectivity index (χ4n) is 4.74. The Hall–Kier alpha value is -2.52. The van der Waals surface area contributed by atoms with Crippen molar-refractivity contribution < 1.29 is 9.59 Å². The van der Waals surface area contributed by atoms with E-state index in [4.69, 9.17) is 12.2 Å². The van der Waals surface area contributed by atoms with Crippen LogP contribution in [0.3, 0.4) is 0 Å². The van der Waals surface area contributed by atoms with Crippen molar-refractivity contribution in [1.82, 2.24) is 20.0 Å². The summed E-state index contributed by atoms with van der Waals surface area (Å²) < 4.78 is 2.16. The third-order valence-electron chi connectivity index (χ3n) is 6.38. The standard InChI is InChI=1S/C22H24N4O3S2/c27-19(23-13-5-1-2-6-13)12-9-10-15-16(11-12)26-18(25-20(15)28)17(31-22(26)30)21(29)24-14-7-3-4-8-14/h9-11,13-14H,1-8H2,(H,23,27)(H,24,29)(H,25,28). The number of fused-ring (bicyclic) bond motifs is 3. The Balaban J connectivity index is 1.57. The molecule has 2 fully saturated rings. The van der Waals surface area contributed by atoms with E-state index in [0.29, 0.717) is 30.9 Å². The Morgan fingerprint density at radius 1 is 1.00 bits per heavy atom. The van der Waals surface area contributed by atoms with Crippen LogP contribution >= 0.6 is 23.6 Å². The molecule has 0 bridgehead atoms. The van der Waals surface area contributed by atoms with Crippen LogP contribution in [0.5, 0.6) is 0 Å². The first-order valence-electron chi connectivity index (χ1n) is 10.8. The number of hydrogen-bond donors (Lipinski definition) is 3. The summed E-state index contributed by atoms with van der Waals surface area (Å²) in [6, 6.07) is 5.38. The van der Waals surface area contributed by atoms with E-state index in [0.717, 1.165) is 51.4 Å². The molecule has 31 heavy (non-hydrogen) atoms. The maximum absolute atomic E-state index is 12.9. The van der Waals surface area contributed by atoms with Crippen LogP contribution in [0.1, 0.15) is 71.4 Å². The molecule has 2 aliphatic rings. The highest BCUT2D eigenvalue weighted by Crippen LogP contribution is 2.25. The minimum Gasteiger partial charge on any atom is -0.349 e. The lowest BCUT2D eigenvalue weighted by molar-refractivity contribution is 0.0931. The summed E-state index contributed by atoms with van der Waals surface area (Å²) in [6.07, 6.45) is 8.44. The largest absolute Gasteiger partial charge is 0.349 e. The molecule has 0 spiro atoms. The second-order valence-corrected chi connectivity index (χ2v) is 10.1. The van der Waals surface area contributed by atoms with Gasteiger partial charge in [0.1, 0.15) is 10.5 Å². The fourth-order valence-corrected chi connectivity index (χ4v) is 6.03. The van der Waals surface area contributed by atoms with E-state index in [9.17, 15) is 14.4 Å². The Morgan fingerprint density at radius 3 is 2.26 bits per heavy atom. The highest BCUT2D eigenvalue weighted by atomic mass is 32.1. The van der Waals surface area contributed by atoms with Crippen LogP contribution in [0.15, 0.2) is 23.0 Å².